The van der Waals surface area contributed by atoms with Crippen LogP contribution in [0.4, 0.5) is 4.39 Å². The van der Waals surface area contributed by atoms with Crippen LogP contribution in [0.1, 0.15) is 34.2 Å². The molecule has 0 spiro atoms. The maximum absolute atomic E-state index is 13.4. The van der Waals surface area contributed by atoms with Crippen molar-refractivity contribution in [1.82, 2.24) is 0 Å². The molecule has 0 fully saturated rings. The normalized spacial score (nSPS) is 20.4. The second-order valence-electron chi connectivity index (χ2n) is 5.82. The van der Waals surface area contributed by atoms with Gasteiger partial charge in [0.2, 0.25) is 0 Å². The van der Waals surface area contributed by atoms with Gasteiger partial charge in [0.25, 0.3) is 0 Å². The average Bonchev–Trinajstić information content (AvgIpc) is 2.75. The van der Waals surface area contributed by atoms with E-state index in [2.05, 4.69) is 0 Å². The number of fused-ring (bicyclic) bond motifs is 1. The van der Waals surface area contributed by atoms with Crippen LogP contribution in [0.3, 0.4) is 0 Å². The number of hydrogen-bond donors (Lipinski definition) is 1. The largest absolute Gasteiger partial charge is 0.496 e. The minimum atomic E-state index is -1.10. The number of aryl methyl sites for hydroxylation is 3. The molecule has 21 heavy (non-hydrogen) atoms. The van der Waals surface area contributed by atoms with Gasteiger partial charge in [-0.25, -0.2) is 4.39 Å². The van der Waals surface area contributed by atoms with Crippen molar-refractivity contribution in [2.24, 2.45) is 0 Å². The van der Waals surface area contributed by atoms with E-state index in [1.807, 2.05) is 26.0 Å². The maximum atomic E-state index is 13.4. The van der Waals surface area contributed by atoms with Gasteiger partial charge in [-0.1, -0.05) is 12.1 Å². The lowest BCUT2D eigenvalue weighted by Crippen LogP contribution is -2.26. The van der Waals surface area contributed by atoms with Crippen LogP contribution < -0.4 is 4.74 Å². The van der Waals surface area contributed by atoms with Crippen LogP contribution in [-0.2, 0) is 12.0 Å². The lowest BCUT2D eigenvalue weighted by molar-refractivity contribution is 0.0792. The molecule has 0 saturated heterocycles. The van der Waals surface area contributed by atoms with E-state index in [1.54, 1.807) is 13.2 Å². The number of halogens is 1. The van der Waals surface area contributed by atoms with Gasteiger partial charge in [0, 0.05) is 5.56 Å². The van der Waals surface area contributed by atoms with E-state index in [0.29, 0.717) is 18.6 Å². The summed E-state index contributed by atoms with van der Waals surface area (Å²) < 4.78 is 18.9. The van der Waals surface area contributed by atoms with E-state index in [1.165, 1.54) is 12.1 Å². The van der Waals surface area contributed by atoms with Crippen molar-refractivity contribution in [2.75, 3.05) is 7.11 Å². The number of rotatable bonds is 2. The summed E-state index contributed by atoms with van der Waals surface area (Å²) in [6.45, 7) is 3.98. The molecular formula is C18H19FO2. The van der Waals surface area contributed by atoms with E-state index < -0.39 is 5.60 Å². The van der Waals surface area contributed by atoms with Gasteiger partial charge in [0.1, 0.15) is 17.2 Å². The molecule has 0 heterocycles. The Morgan fingerprint density at radius 3 is 2.67 bits per heavy atom. The summed E-state index contributed by atoms with van der Waals surface area (Å²) in [5, 5.41) is 11.3. The number of methoxy groups -OCH3 is 1. The Labute approximate surface area is 124 Å². The lowest BCUT2D eigenvalue weighted by atomic mass is 9.84. The summed E-state index contributed by atoms with van der Waals surface area (Å²) in [5.41, 5.74) is 3.43. The smallest absolute Gasteiger partial charge is 0.125 e. The predicted octanol–water partition coefficient (Wildman–Crippen LogP) is 3.63. The third-order valence-corrected chi connectivity index (χ3v) is 4.35. The highest BCUT2D eigenvalue weighted by Gasteiger charge is 2.41. The number of benzene rings is 2. The zero-order chi connectivity index (χ0) is 15.2. The number of ether oxygens (including phenoxy) is 1. The van der Waals surface area contributed by atoms with Gasteiger partial charge in [0.15, 0.2) is 0 Å². The zero-order valence-electron chi connectivity index (χ0n) is 12.5. The van der Waals surface area contributed by atoms with Crippen molar-refractivity contribution in [2.45, 2.75) is 32.3 Å². The summed E-state index contributed by atoms with van der Waals surface area (Å²) in [6, 6.07) is 8.59. The maximum Gasteiger partial charge on any atom is 0.125 e. The van der Waals surface area contributed by atoms with Crippen molar-refractivity contribution >= 4 is 0 Å². The van der Waals surface area contributed by atoms with Gasteiger partial charge in [-0.15, -0.1) is 0 Å². The molecule has 0 bridgehead atoms. The molecule has 3 heteroatoms. The minimum absolute atomic E-state index is 0.259. The Bertz CT molecular complexity index is 709. The van der Waals surface area contributed by atoms with E-state index in [0.717, 1.165) is 27.8 Å². The first-order valence-electron chi connectivity index (χ1n) is 7.12. The quantitative estimate of drug-likeness (QED) is 0.913. The van der Waals surface area contributed by atoms with Gasteiger partial charge in [-0.2, -0.15) is 0 Å². The van der Waals surface area contributed by atoms with Crippen molar-refractivity contribution in [1.29, 1.82) is 0 Å². The summed E-state index contributed by atoms with van der Waals surface area (Å²) in [5.74, 6) is 0.428. The second-order valence-corrected chi connectivity index (χ2v) is 5.82. The van der Waals surface area contributed by atoms with Gasteiger partial charge < -0.3 is 9.84 Å². The van der Waals surface area contributed by atoms with Crippen molar-refractivity contribution in [3.8, 4) is 5.75 Å². The summed E-state index contributed by atoms with van der Waals surface area (Å²) in [4.78, 5) is 0. The molecular weight excluding hydrogens is 267 g/mol. The monoisotopic (exact) mass is 286 g/mol. The fraction of sp³-hybridized carbons (Fsp3) is 0.333. The van der Waals surface area contributed by atoms with Crippen LogP contribution in [-0.4, -0.2) is 12.2 Å². The van der Waals surface area contributed by atoms with Crippen LogP contribution in [0, 0.1) is 19.7 Å². The Balaban J connectivity index is 2.23. The zero-order valence-corrected chi connectivity index (χ0v) is 12.5. The molecule has 1 unspecified atom stereocenters. The Morgan fingerprint density at radius 2 is 1.95 bits per heavy atom. The molecule has 0 amide bonds. The fourth-order valence-corrected chi connectivity index (χ4v) is 3.50. The molecule has 2 aromatic rings. The fourth-order valence-electron chi connectivity index (χ4n) is 3.50. The lowest BCUT2D eigenvalue weighted by Gasteiger charge is -2.28. The SMILES string of the molecule is COc1cc(C)cc(C)c1C1(O)CCc2cc(F)ccc21. The average molecular weight is 286 g/mol. The van der Waals surface area contributed by atoms with Gasteiger partial charge in [0.05, 0.1) is 7.11 Å². The van der Waals surface area contributed by atoms with Crippen LogP contribution >= 0.6 is 0 Å². The van der Waals surface area contributed by atoms with Crippen molar-refractivity contribution < 1.29 is 14.2 Å². The van der Waals surface area contributed by atoms with Crippen molar-refractivity contribution in [3.63, 3.8) is 0 Å². The molecule has 1 aliphatic rings. The standard InChI is InChI=1S/C18H19FO2/c1-11-8-12(2)17(16(9-11)21-3)18(20)7-6-13-10-14(19)4-5-15(13)18/h4-5,8-10,20H,6-7H2,1-3H3. The Hall–Kier alpha value is -1.87. The molecule has 0 aromatic heterocycles. The molecule has 0 aliphatic heterocycles. The third-order valence-electron chi connectivity index (χ3n) is 4.35. The molecule has 3 rings (SSSR count). The van der Waals surface area contributed by atoms with Gasteiger partial charge >= 0.3 is 0 Å². The topological polar surface area (TPSA) is 29.5 Å². The summed E-state index contributed by atoms with van der Waals surface area (Å²) >= 11 is 0. The first-order valence-corrected chi connectivity index (χ1v) is 7.12. The number of hydrogen-bond acceptors (Lipinski definition) is 2. The molecule has 2 aromatic carbocycles. The second kappa shape index (κ2) is 4.85. The predicted molar refractivity (Wildman–Crippen MR) is 80.2 cm³/mol. The first kappa shape index (κ1) is 14.1. The highest BCUT2D eigenvalue weighted by atomic mass is 19.1. The molecule has 2 nitrogen and oxygen atoms in total. The third kappa shape index (κ3) is 2.12. The highest BCUT2D eigenvalue weighted by Crippen LogP contribution is 2.46. The molecule has 1 atom stereocenters. The number of aliphatic hydroxyl groups is 1. The van der Waals surface area contributed by atoms with E-state index in [-0.39, 0.29) is 5.82 Å². The Morgan fingerprint density at radius 1 is 1.19 bits per heavy atom. The Kier molecular flexibility index (Phi) is 3.25. The highest BCUT2D eigenvalue weighted by molar-refractivity contribution is 5.54. The van der Waals surface area contributed by atoms with E-state index in [9.17, 15) is 9.50 Å². The molecule has 0 saturated carbocycles. The van der Waals surface area contributed by atoms with E-state index >= 15 is 0 Å². The van der Waals surface area contributed by atoms with Crippen LogP contribution in [0.2, 0.25) is 0 Å². The minimum Gasteiger partial charge on any atom is -0.496 e. The van der Waals surface area contributed by atoms with Crippen molar-refractivity contribution in [3.05, 3.63) is 64.0 Å². The van der Waals surface area contributed by atoms with Crippen LogP contribution in [0.15, 0.2) is 30.3 Å². The van der Waals surface area contributed by atoms with Crippen LogP contribution in [0.5, 0.6) is 5.75 Å². The first-order chi connectivity index (χ1) is 9.95. The van der Waals surface area contributed by atoms with E-state index in [4.69, 9.17) is 4.74 Å². The summed E-state index contributed by atoms with van der Waals surface area (Å²) in [6.07, 6.45) is 1.21. The van der Waals surface area contributed by atoms with Gasteiger partial charge in [-0.05, 0) is 67.1 Å². The van der Waals surface area contributed by atoms with Gasteiger partial charge in [-0.3, -0.25) is 0 Å². The molecule has 1 aliphatic carbocycles. The molecule has 110 valence electrons. The summed E-state index contributed by atoms with van der Waals surface area (Å²) in [7, 11) is 1.61. The molecule has 1 N–H and O–H groups in total. The molecule has 0 radical (unpaired) electrons. The van der Waals surface area contributed by atoms with Crippen LogP contribution in [0.25, 0.3) is 0 Å².